The van der Waals surface area contributed by atoms with Gasteiger partial charge in [-0.25, -0.2) is 4.79 Å². The van der Waals surface area contributed by atoms with Crippen LogP contribution in [0.15, 0.2) is 66.7 Å². The smallest absolute Gasteiger partial charge is 0.338 e. The summed E-state index contributed by atoms with van der Waals surface area (Å²) in [5, 5.41) is 1.74. The van der Waals surface area contributed by atoms with Crippen molar-refractivity contribution in [3.8, 4) is 17.2 Å². The van der Waals surface area contributed by atoms with Crippen LogP contribution < -0.4 is 9.47 Å². The summed E-state index contributed by atoms with van der Waals surface area (Å²) in [4.78, 5) is 12.0. The molecule has 0 aliphatic heterocycles. The highest BCUT2D eigenvalue weighted by Gasteiger charge is 2.19. The zero-order valence-corrected chi connectivity index (χ0v) is 14.6. The van der Waals surface area contributed by atoms with Crippen LogP contribution in [0.1, 0.15) is 18.1 Å². The molecule has 0 N–H and O–H groups in total. The third-order valence-electron chi connectivity index (χ3n) is 4.17. The van der Waals surface area contributed by atoms with Crippen LogP contribution in [0.25, 0.3) is 10.8 Å². The minimum atomic E-state index is -0.426. The predicted molar refractivity (Wildman–Crippen MR) is 100 cm³/mol. The number of rotatable bonds is 4. The molecule has 0 heterocycles. The largest absolute Gasteiger partial charge is 0.456 e. The second-order valence-corrected chi connectivity index (χ2v) is 6.04. The maximum Gasteiger partial charge on any atom is 0.338 e. The lowest BCUT2D eigenvalue weighted by molar-refractivity contribution is -0.130. The molecule has 3 rings (SSSR count). The van der Waals surface area contributed by atoms with Crippen molar-refractivity contribution in [2.45, 2.75) is 20.8 Å². The number of benzene rings is 3. The van der Waals surface area contributed by atoms with E-state index in [2.05, 4.69) is 6.58 Å². The number of carbonyl (C=O) groups excluding carboxylic acids is 1. The van der Waals surface area contributed by atoms with Gasteiger partial charge in [-0.05, 0) is 44.0 Å². The Kier molecular flexibility index (Phi) is 4.57. The summed E-state index contributed by atoms with van der Waals surface area (Å²) in [6.07, 6.45) is 0. The molecular formula is C22H20O3. The van der Waals surface area contributed by atoms with Crippen molar-refractivity contribution in [3.05, 3.63) is 77.9 Å². The third kappa shape index (κ3) is 3.26. The van der Waals surface area contributed by atoms with Crippen LogP contribution >= 0.6 is 0 Å². The Labute approximate surface area is 147 Å². The molecule has 0 atom stereocenters. The van der Waals surface area contributed by atoms with Crippen LogP contribution in [-0.2, 0) is 4.79 Å². The van der Waals surface area contributed by atoms with Crippen molar-refractivity contribution in [2.24, 2.45) is 0 Å². The Morgan fingerprint density at radius 3 is 1.96 bits per heavy atom. The van der Waals surface area contributed by atoms with Crippen molar-refractivity contribution in [1.29, 1.82) is 0 Å². The summed E-state index contributed by atoms with van der Waals surface area (Å²) in [6, 6.07) is 17.4. The van der Waals surface area contributed by atoms with Crippen molar-refractivity contribution < 1.29 is 14.3 Å². The maximum atomic E-state index is 12.0. The monoisotopic (exact) mass is 332 g/mol. The van der Waals surface area contributed by atoms with Crippen LogP contribution in [0.3, 0.4) is 0 Å². The van der Waals surface area contributed by atoms with Gasteiger partial charge in [-0.2, -0.15) is 0 Å². The molecule has 0 aliphatic rings. The normalized spacial score (nSPS) is 10.5. The molecule has 126 valence electrons. The Balaban J connectivity index is 2.18. The lowest BCUT2D eigenvalue weighted by atomic mass is 9.99. The maximum absolute atomic E-state index is 12.0. The molecule has 3 aromatic rings. The number of ether oxygens (including phenoxy) is 2. The Hall–Kier alpha value is -3.07. The van der Waals surface area contributed by atoms with E-state index in [4.69, 9.17) is 9.47 Å². The van der Waals surface area contributed by atoms with Gasteiger partial charge in [0.15, 0.2) is 0 Å². The number of fused-ring (bicyclic) bond motifs is 1. The molecule has 0 aliphatic carbocycles. The Morgan fingerprint density at radius 1 is 0.840 bits per heavy atom. The van der Waals surface area contributed by atoms with Gasteiger partial charge in [0, 0.05) is 16.3 Å². The van der Waals surface area contributed by atoms with Gasteiger partial charge in [0.25, 0.3) is 0 Å². The minimum absolute atomic E-state index is 0.366. The molecule has 3 nitrogen and oxygen atoms in total. The first kappa shape index (κ1) is 16.8. The zero-order valence-electron chi connectivity index (χ0n) is 14.6. The van der Waals surface area contributed by atoms with Crippen LogP contribution in [0.4, 0.5) is 0 Å². The van der Waals surface area contributed by atoms with Crippen molar-refractivity contribution in [1.82, 2.24) is 0 Å². The lowest BCUT2D eigenvalue weighted by Gasteiger charge is -2.18. The zero-order chi connectivity index (χ0) is 18.0. The summed E-state index contributed by atoms with van der Waals surface area (Å²) in [6.45, 7) is 9.20. The van der Waals surface area contributed by atoms with Crippen molar-refractivity contribution >= 4 is 16.7 Å². The van der Waals surface area contributed by atoms with E-state index in [0.29, 0.717) is 11.3 Å². The first-order valence-corrected chi connectivity index (χ1v) is 8.11. The predicted octanol–water partition coefficient (Wildman–Crippen LogP) is 5.73. The highest BCUT2D eigenvalue weighted by Crippen LogP contribution is 2.42. The molecule has 0 saturated carbocycles. The molecule has 0 bridgehead atoms. The van der Waals surface area contributed by atoms with E-state index >= 15 is 0 Å². The molecule has 0 amide bonds. The molecule has 0 spiro atoms. The van der Waals surface area contributed by atoms with Crippen molar-refractivity contribution in [2.75, 3.05) is 0 Å². The summed E-state index contributed by atoms with van der Waals surface area (Å²) in [5.41, 5.74) is 2.18. The van der Waals surface area contributed by atoms with Crippen molar-refractivity contribution in [3.63, 3.8) is 0 Å². The van der Waals surface area contributed by atoms with E-state index in [1.165, 1.54) is 0 Å². The standard InChI is InChI=1S/C22H20O3/c1-14(2)22(23)25-21-16(4)15(3)20(18-12-8-9-13-19(18)21)24-17-10-6-5-7-11-17/h5-13H,1H2,2-4H3. The average molecular weight is 332 g/mol. The second kappa shape index (κ2) is 6.81. The average Bonchev–Trinajstić information content (AvgIpc) is 2.63. The van der Waals surface area contributed by atoms with E-state index < -0.39 is 5.97 Å². The van der Waals surface area contributed by atoms with Gasteiger partial charge in [0.05, 0.1) is 0 Å². The van der Waals surface area contributed by atoms with Gasteiger partial charge in [0.1, 0.15) is 17.2 Å². The number of esters is 1. The molecule has 0 radical (unpaired) electrons. The van der Waals surface area contributed by atoms with Gasteiger partial charge in [0.2, 0.25) is 0 Å². The van der Waals surface area contributed by atoms with E-state index in [9.17, 15) is 4.79 Å². The number of para-hydroxylation sites is 1. The van der Waals surface area contributed by atoms with Crippen LogP contribution in [-0.4, -0.2) is 5.97 Å². The lowest BCUT2D eigenvalue weighted by Crippen LogP contribution is -2.10. The quantitative estimate of drug-likeness (QED) is 0.348. The van der Waals surface area contributed by atoms with Crippen LogP contribution in [0, 0.1) is 13.8 Å². The Bertz CT molecular complexity index is 956. The Morgan fingerprint density at radius 2 is 1.36 bits per heavy atom. The molecule has 3 heteroatoms. The minimum Gasteiger partial charge on any atom is -0.456 e. The molecule has 25 heavy (non-hydrogen) atoms. The molecule has 0 unspecified atom stereocenters. The molecular weight excluding hydrogens is 312 g/mol. The van der Waals surface area contributed by atoms with Crippen LogP contribution in [0.2, 0.25) is 0 Å². The van der Waals surface area contributed by atoms with E-state index in [1.54, 1.807) is 6.92 Å². The topological polar surface area (TPSA) is 35.5 Å². The van der Waals surface area contributed by atoms with Crippen LogP contribution in [0.5, 0.6) is 17.2 Å². The number of hydrogen-bond acceptors (Lipinski definition) is 3. The van der Waals surface area contributed by atoms with Gasteiger partial charge >= 0.3 is 5.97 Å². The van der Waals surface area contributed by atoms with Gasteiger partial charge in [-0.3, -0.25) is 0 Å². The summed E-state index contributed by atoms with van der Waals surface area (Å²) in [5.74, 6) is 1.67. The number of carbonyl (C=O) groups is 1. The summed E-state index contributed by atoms with van der Waals surface area (Å²) in [7, 11) is 0. The first-order chi connectivity index (χ1) is 12.0. The third-order valence-corrected chi connectivity index (χ3v) is 4.17. The van der Waals surface area contributed by atoms with Gasteiger partial charge in [-0.15, -0.1) is 0 Å². The molecule has 0 fully saturated rings. The fourth-order valence-electron chi connectivity index (χ4n) is 2.67. The fraction of sp³-hybridized carbons (Fsp3) is 0.136. The SMILES string of the molecule is C=C(C)C(=O)Oc1c(C)c(C)c(Oc2ccccc2)c2ccccc12. The first-order valence-electron chi connectivity index (χ1n) is 8.11. The van der Waals surface area contributed by atoms with E-state index in [-0.39, 0.29) is 0 Å². The van der Waals surface area contributed by atoms with E-state index in [1.807, 2.05) is 68.4 Å². The van der Waals surface area contributed by atoms with Gasteiger partial charge < -0.3 is 9.47 Å². The summed E-state index contributed by atoms with van der Waals surface area (Å²) < 4.78 is 11.8. The highest BCUT2D eigenvalue weighted by molar-refractivity contribution is 5.99. The van der Waals surface area contributed by atoms with Gasteiger partial charge in [-0.1, -0.05) is 49.0 Å². The molecule has 0 saturated heterocycles. The second-order valence-electron chi connectivity index (χ2n) is 6.04. The number of hydrogen-bond donors (Lipinski definition) is 0. The van der Waals surface area contributed by atoms with E-state index in [0.717, 1.165) is 33.4 Å². The highest BCUT2D eigenvalue weighted by atomic mass is 16.5. The molecule has 3 aromatic carbocycles. The summed E-state index contributed by atoms with van der Waals surface area (Å²) >= 11 is 0. The fourth-order valence-corrected chi connectivity index (χ4v) is 2.67. The molecule has 0 aromatic heterocycles.